The van der Waals surface area contributed by atoms with Gasteiger partial charge in [-0.3, -0.25) is 9.48 Å². The molecular weight excluding hydrogens is 312 g/mol. The summed E-state index contributed by atoms with van der Waals surface area (Å²) in [5.74, 6) is -0.000360. The second kappa shape index (κ2) is 6.59. The van der Waals surface area contributed by atoms with Crippen LogP contribution in [0.2, 0.25) is 0 Å². The summed E-state index contributed by atoms with van der Waals surface area (Å²) in [7, 11) is 3.64. The molecule has 0 spiro atoms. The van der Waals surface area contributed by atoms with E-state index in [2.05, 4.69) is 15.7 Å². The van der Waals surface area contributed by atoms with Crippen LogP contribution in [-0.4, -0.2) is 49.0 Å². The number of nitrogens with one attached hydrogen (secondary N) is 2. The zero-order valence-electron chi connectivity index (χ0n) is 13.9. The molecule has 1 aliphatic heterocycles. The van der Waals surface area contributed by atoms with Crippen molar-refractivity contribution in [2.75, 3.05) is 33.4 Å². The van der Waals surface area contributed by atoms with Gasteiger partial charge in [0.15, 0.2) is 0 Å². The van der Waals surface area contributed by atoms with E-state index in [0.29, 0.717) is 13.2 Å². The highest BCUT2D eigenvalue weighted by Crippen LogP contribution is 2.30. The minimum absolute atomic E-state index is 0.000360. The lowest BCUT2D eigenvalue weighted by atomic mass is 9.79. The van der Waals surface area contributed by atoms with Gasteiger partial charge in [-0.2, -0.15) is 5.10 Å². The quantitative estimate of drug-likeness (QED) is 0.872. The minimum Gasteiger partial charge on any atom is -0.384 e. The van der Waals surface area contributed by atoms with Crippen molar-refractivity contribution in [2.45, 2.75) is 19.8 Å². The molecule has 0 aliphatic carbocycles. The molecule has 0 unspecified atom stereocenters. The molecule has 0 radical (unpaired) electrons. The Morgan fingerprint density at radius 2 is 2.26 bits per heavy atom. The van der Waals surface area contributed by atoms with Gasteiger partial charge in [-0.25, -0.2) is 0 Å². The largest absolute Gasteiger partial charge is 0.384 e. The molecular formula is C16H24N4O2S. The molecule has 1 aliphatic rings. The Labute approximate surface area is 140 Å². The summed E-state index contributed by atoms with van der Waals surface area (Å²) in [5.41, 5.74) is 1.01. The summed E-state index contributed by atoms with van der Waals surface area (Å²) in [4.78, 5) is 14.3. The molecule has 0 bridgehead atoms. The normalized spacial score (nSPS) is 17.5. The third kappa shape index (κ3) is 3.27. The molecule has 1 amide bonds. The molecule has 23 heavy (non-hydrogen) atoms. The Hall–Kier alpha value is -1.44. The molecule has 0 saturated carbocycles. The van der Waals surface area contributed by atoms with E-state index < -0.39 is 0 Å². The van der Waals surface area contributed by atoms with Gasteiger partial charge in [0.1, 0.15) is 4.83 Å². The fourth-order valence-corrected chi connectivity index (χ4v) is 4.35. The van der Waals surface area contributed by atoms with Gasteiger partial charge in [-0.15, -0.1) is 11.3 Å². The molecule has 2 N–H and O–H groups in total. The number of amides is 1. The van der Waals surface area contributed by atoms with Crippen LogP contribution in [0.5, 0.6) is 0 Å². The standard InChI is InChI=1S/C16H24N4O2S/c1-11-12-8-13(23-15(12)20(2)19-11)14(21)18-9-16(10-22-3)4-6-17-7-5-16/h8,17H,4-7,9-10H2,1-3H3,(H,18,21). The zero-order valence-corrected chi connectivity index (χ0v) is 14.8. The molecule has 1 saturated heterocycles. The van der Waals surface area contributed by atoms with Gasteiger partial charge in [0.05, 0.1) is 17.2 Å². The van der Waals surface area contributed by atoms with Gasteiger partial charge >= 0.3 is 0 Å². The highest BCUT2D eigenvalue weighted by molar-refractivity contribution is 7.20. The van der Waals surface area contributed by atoms with Gasteiger partial charge < -0.3 is 15.4 Å². The number of nitrogens with zero attached hydrogens (tertiary/aromatic N) is 2. The van der Waals surface area contributed by atoms with E-state index in [4.69, 9.17) is 4.74 Å². The van der Waals surface area contributed by atoms with Crippen LogP contribution >= 0.6 is 11.3 Å². The fraction of sp³-hybridized carbons (Fsp3) is 0.625. The van der Waals surface area contributed by atoms with Crippen molar-refractivity contribution < 1.29 is 9.53 Å². The molecule has 1 fully saturated rings. The van der Waals surface area contributed by atoms with Gasteiger partial charge in [-0.05, 0) is 38.9 Å². The lowest BCUT2D eigenvalue weighted by Crippen LogP contribution is -2.47. The zero-order chi connectivity index (χ0) is 16.4. The Morgan fingerprint density at radius 1 is 1.52 bits per heavy atom. The van der Waals surface area contributed by atoms with Crippen LogP contribution in [0.4, 0.5) is 0 Å². The fourth-order valence-electron chi connectivity index (χ4n) is 3.31. The predicted molar refractivity (Wildman–Crippen MR) is 92.1 cm³/mol. The summed E-state index contributed by atoms with van der Waals surface area (Å²) in [6, 6.07) is 1.95. The second-order valence-corrected chi connectivity index (χ2v) is 7.43. The number of carbonyl (C=O) groups is 1. The highest BCUT2D eigenvalue weighted by atomic mass is 32.1. The number of piperidine rings is 1. The van der Waals surface area contributed by atoms with Crippen LogP contribution in [0.15, 0.2) is 6.07 Å². The summed E-state index contributed by atoms with van der Waals surface area (Å²) in [6.07, 6.45) is 2.05. The van der Waals surface area contributed by atoms with Crippen molar-refractivity contribution in [1.29, 1.82) is 0 Å². The van der Waals surface area contributed by atoms with Gasteiger partial charge in [0.25, 0.3) is 5.91 Å². The highest BCUT2D eigenvalue weighted by Gasteiger charge is 2.32. The third-order valence-corrected chi connectivity index (χ3v) is 5.86. The van der Waals surface area contributed by atoms with Crippen LogP contribution in [0.1, 0.15) is 28.2 Å². The van der Waals surface area contributed by atoms with E-state index in [1.165, 1.54) is 11.3 Å². The smallest absolute Gasteiger partial charge is 0.261 e. The molecule has 0 aromatic carbocycles. The minimum atomic E-state index is -0.000360. The van der Waals surface area contributed by atoms with Crippen molar-refractivity contribution in [3.05, 3.63) is 16.6 Å². The summed E-state index contributed by atoms with van der Waals surface area (Å²) >= 11 is 1.50. The molecule has 2 aromatic rings. The molecule has 7 heteroatoms. The molecule has 126 valence electrons. The number of fused-ring (bicyclic) bond motifs is 1. The summed E-state index contributed by atoms with van der Waals surface area (Å²) < 4.78 is 7.24. The van der Waals surface area contributed by atoms with Crippen LogP contribution in [-0.2, 0) is 11.8 Å². The summed E-state index contributed by atoms with van der Waals surface area (Å²) in [5, 5.41) is 11.9. The van der Waals surface area contributed by atoms with Crippen LogP contribution in [0, 0.1) is 12.3 Å². The number of rotatable bonds is 5. The van der Waals surface area contributed by atoms with Gasteiger partial charge in [0, 0.05) is 31.5 Å². The molecule has 3 heterocycles. The first-order valence-electron chi connectivity index (χ1n) is 7.96. The predicted octanol–water partition coefficient (Wildman–Crippen LogP) is 1.69. The van der Waals surface area contributed by atoms with E-state index in [0.717, 1.165) is 46.7 Å². The number of methoxy groups -OCH3 is 1. The monoisotopic (exact) mass is 336 g/mol. The first-order valence-corrected chi connectivity index (χ1v) is 8.77. The summed E-state index contributed by atoms with van der Waals surface area (Å²) in [6.45, 7) is 5.27. The first-order chi connectivity index (χ1) is 11.0. The molecule has 2 aromatic heterocycles. The average molecular weight is 336 g/mol. The number of aryl methyl sites for hydroxylation is 2. The lowest BCUT2D eigenvalue weighted by Gasteiger charge is -2.37. The van der Waals surface area contributed by atoms with Crippen molar-refractivity contribution in [3.8, 4) is 0 Å². The Kier molecular flexibility index (Phi) is 4.70. The topological polar surface area (TPSA) is 68.2 Å². The Balaban J connectivity index is 1.71. The van der Waals surface area contributed by atoms with Crippen LogP contribution in [0.3, 0.4) is 0 Å². The molecule has 3 rings (SSSR count). The number of ether oxygens (including phenoxy) is 1. The van der Waals surface area contributed by atoms with Crippen LogP contribution in [0.25, 0.3) is 10.2 Å². The Morgan fingerprint density at radius 3 is 2.91 bits per heavy atom. The first kappa shape index (κ1) is 16.4. The number of hydrogen-bond acceptors (Lipinski definition) is 5. The molecule has 6 nitrogen and oxygen atoms in total. The lowest BCUT2D eigenvalue weighted by molar-refractivity contribution is 0.0512. The van der Waals surface area contributed by atoms with E-state index in [-0.39, 0.29) is 11.3 Å². The van der Waals surface area contributed by atoms with E-state index in [1.54, 1.807) is 7.11 Å². The Bertz CT molecular complexity index is 660. The van der Waals surface area contributed by atoms with Crippen molar-refractivity contribution in [1.82, 2.24) is 20.4 Å². The maximum absolute atomic E-state index is 12.5. The van der Waals surface area contributed by atoms with Crippen molar-refractivity contribution >= 4 is 27.5 Å². The number of aromatic nitrogens is 2. The van der Waals surface area contributed by atoms with E-state index in [1.807, 2.05) is 24.7 Å². The van der Waals surface area contributed by atoms with Crippen molar-refractivity contribution in [2.24, 2.45) is 12.5 Å². The van der Waals surface area contributed by atoms with E-state index in [9.17, 15) is 4.79 Å². The molecule has 0 atom stereocenters. The maximum Gasteiger partial charge on any atom is 0.261 e. The van der Waals surface area contributed by atoms with Gasteiger partial charge in [0.2, 0.25) is 0 Å². The maximum atomic E-state index is 12.5. The van der Waals surface area contributed by atoms with Crippen molar-refractivity contribution in [3.63, 3.8) is 0 Å². The second-order valence-electron chi connectivity index (χ2n) is 6.40. The average Bonchev–Trinajstić information content (AvgIpc) is 3.09. The number of thiophene rings is 1. The van der Waals surface area contributed by atoms with Crippen LogP contribution < -0.4 is 10.6 Å². The number of carbonyl (C=O) groups excluding carboxylic acids is 1. The number of hydrogen-bond donors (Lipinski definition) is 2. The SMILES string of the molecule is COCC1(CNC(=O)c2cc3c(C)nn(C)c3s2)CCNCC1. The van der Waals surface area contributed by atoms with E-state index >= 15 is 0 Å². The third-order valence-electron chi connectivity index (χ3n) is 4.66. The van der Waals surface area contributed by atoms with Gasteiger partial charge in [-0.1, -0.05) is 0 Å².